The largest absolute Gasteiger partial charge is 0.495 e. The zero-order chi connectivity index (χ0) is 27.3. The number of unbranched alkanes of at least 4 members (excludes halogenated alkanes) is 1. The van der Waals surface area contributed by atoms with E-state index in [9.17, 15) is 4.39 Å². The van der Waals surface area contributed by atoms with Crippen LogP contribution >= 0.6 is 0 Å². The lowest BCUT2D eigenvalue weighted by Gasteiger charge is -2.37. The van der Waals surface area contributed by atoms with Gasteiger partial charge in [0.05, 0.1) is 25.0 Å². The van der Waals surface area contributed by atoms with E-state index < -0.39 is 12.1 Å². The predicted molar refractivity (Wildman–Crippen MR) is 148 cm³/mol. The number of nitrogens with zero attached hydrogens (tertiary/aromatic N) is 3. The van der Waals surface area contributed by atoms with Gasteiger partial charge in [0.1, 0.15) is 17.9 Å². The van der Waals surface area contributed by atoms with Crippen LogP contribution in [-0.4, -0.2) is 48.1 Å². The van der Waals surface area contributed by atoms with Crippen LogP contribution in [0.3, 0.4) is 0 Å². The quantitative estimate of drug-likeness (QED) is 0.198. The van der Waals surface area contributed by atoms with Crippen molar-refractivity contribution >= 4 is 23.3 Å². The monoisotopic (exact) mass is 510 g/mol. The first-order chi connectivity index (χ1) is 17.5. The van der Waals surface area contributed by atoms with Crippen LogP contribution in [-0.2, 0) is 16.6 Å². The van der Waals surface area contributed by atoms with E-state index in [0.29, 0.717) is 31.0 Å². The van der Waals surface area contributed by atoms with Crippen LogP contribution in [0, 0.1) is 10.8 Å². The fourth-order valence-electron chi connectivity index (χ4n) is 4.86. The van der Waals surface area contributed by atoms with Crippen molar-refractivity contribution in [3.8, 4) is 17.0 Å². The predicted octanol–water partition coefficient (Wildman–Crippen LogP) is 5.84. The Morgan fingerprint density at radius 3 is 2.65 bits per heavy atom. The third kappa shape index (κ3) is 6.26. The summed E-state index contributed by atoms with van der Waals surface area (Å²) >= 11 is 0. The Bertz CT molecular complexity index is 1180. The first kappa shape index (κ1) is 28.1. The Labute approximate surface area is 219 Å². The van der Waals surface area contributed by atoms with Gasteiger partial charge in [-0.2, -0.15) is 0 Å². The number of ether oxygens (including phenoxy) is 2. The number of rotatable bonds is 11. The highest BCUT2D eigenvalue weighted by Gasteiger charge is 2.37. The van der Waals surface area contributed by atoms with Crippen LogP contribution < -0.4 is 15.4 Å². The number of hydrogen-bond donors (Lipinski definition) is 3. The molecular weight excluding hydrogens is 471 g/mol. The van der Waals surface area contributed by atoms with Gasteiger partial charge in [0.15, 0.2) is 6.17 Å². The smallest absolute Gasteiger partial charge is 0.223 e. The summed E-state index contributed by atoms with van der Waals surface area (Å²) in [6, 6.07) is 3.88. The molecule has 2 aromatic rings. The van der Waals surface area contributed by atoms with Crippen molar-refractivity contribution in [2.75, 3.05) is 30.8 Å². The molecule has 1 heterocycles. The topological polar surface area (TPSA) is 121 Å². The van der Waals surface area contributed by atoms with Gasteiger partial charge in [-0.25, -0.2) is 14.4 Å². The van der Waals surface area contributed by atoms with Crippen molar-refractivity contribution in [3.63, 3.8) is 0 Å². The van der Waals surface area contributed by atoms with Crippen LogP contribution in [0.2, 0.25) is 0 Å². The third-order valence-corrected chi connectivity index (χ3v) is 6.76. The van der Waals surface area contributed by atoms with Crippen LogP contribution in [0.5, 0.6) is 5.75 Å². The number of anilines is 2. The summed E-state index contributed by atoms with van der Waals surface area (Å²) in [5.74, 6) is 0.328. The Morgan fingerprint density at radius 2 is 2.00 bits per heavy atom. The van der Waals surface area contributed by atoms with Gasteiger partial charge in [-0.15, -0.1) is 0 Å². The number of benzene rings is 1. The van der Waals surface area contributed by atoms with Gasteiger partial charge >= 0.3 is 0 Å². The molecule has 1 aromatic heterocycles. The van der Waals surface area contributed by atoms with Gasteiger partial charge in [0.25, 0.3) is 0 Å². The maximum Gasteiger partial charge on any atom is 0.223 e. The molecule has 0 saturated carbocycles. The average Bonchev–Trinajstić information content (AvgIpc) is 2.84. The Hall–Kier alpha value is -3.49. The van der Waals surface area contributed by atoms with Crippen LogP contribution in [0.25, 0.3) is 11.3 Å². The molecule has 0 spiro atoms. The summed E-state index contributed by atoms with van der Waals surface area (Å²) in [6.07, 6.45) is 4.34. The lowest BCUT2D eigenvalue weighted by Crippen LogP contribution is -2.36. The SMILES string of the molecule is C=C(CCCC)CCN(CC(=N)OC(=N)C(C)F)c1c(OC)ccc2c1CC(C)(C)c1c(N)ncnc1-2. The second-order valence-corrected chi connectivity index (χ2v) is 10.2. The molecule has 1 atom stereocenters. The highest BCUT2D eigenvalue weighted by Crippen LogP contribution is 2.49. The molecule has 37 heavy (non-hydrogen) atoms. The summed E-state index contributed by atoms with van der Waals surface area (Å²) < 4.78 is 24.6. The maximum absolute atomic E-state index is 13.6. The normalized spacial score (nSPS) is 14.2. The van der Waals surface area contributed by atoms with E-state index in [1.54, 1.807) is 7.11 Å². The molecule has 0 amide bonds. The minimum Gasteiger partial charge on any atom is -0.495 e. The van der Waals surface area contributed by atoms with E-state index in [2.05, 4.69) is 37.3 Å². The number of methoxy groups -OCH3 is 1. The van der Waals surface area contributed by atoms with Crippen LogP contribution in [0.15, 0.2) is 30.6 Å². The van der Waals surface area contributed by atoms with Crippen molar-refractivity contribution in [1.29, 1.82) is 10.8 Å². The highest BCUT2D eigenvalue weighted by atomic mass is 19.1. The van der Waals surface area contributed by atoms with Crippen molar-refractivity contribution in [2.45, 2.75) is 71.4 Å². The maximum atomic E-state index is 13.6. The molecule has 1 aromatic carbocycles. The molecular formula is C28H39FN6O2. The molecule has 0 aliphatic heterocycles. The van der Waals surface area contributed by atoms with Crippen LogP contribution in [0.1, 0.15) is 64.5 Å². The minimum atomic E-state index is -1.59. The van der Waals surface area contributed by atoms with Gasteiger partial charge in [0.2, 0.25) is 11.8 Å². The second kappa shape index (κ2) is 11.7. The summed E-state index contributed by atoms with van der Waals surface area (Å²) in [6.45, 7) is 12.4. The molecule has 200 valence electrons. The summed E-state index contributed by atoms with van der Waals surface area (Å²) in [5.41, 5.74) is 11.6. The van der Waals surface area contributed by atoms with Gasteiger partial charge in [0, 0.05) is 17.7 Å². The molecule has 3 rings (SSSR count). The van der Waals surface area contributed by atoms with E-state index in [4.69, 9.17) is 26.0 Å². The summed E-state index contributed by atoms with van der Waals surface area (Å²) in [5, 5.41) is 16.1. The molecule has 1 aliphatic carbocycles. The number of hydrogen-bond acceptors (Lipinski definition) is 8. The van der Waals surface area contributed by atoms with Crippen molar-refractivity contribution in [3.05, 3.63) is 41.7 Å². The van der Waals surface area contributed by atoms with Gasteiger partial charge < -0.3 is 20.1 Å². The van der Waals surface area contributed by atoms with E-state index in [0.717, 1.165) is 52.9 Å². The number of nitrogens with two attached hydrogens (primary N) is 1. The fourth-order valence-corrected chi connectivity index (χ4v) is 4.86. The van der Waals surface area contributed by atoms with E-state index in [1.807, 2.05) is 17.0 Å². The van der Waals surface area contributed by atoms with Crippen LogP contribution in [0.4, 0.5) is 15.9 Å². The molecule has 1 unspecified atom stereocenters. The molecule has 9 heteroatoms. The number of nitrogen functional groups attached to an aromatic ring is 1. The van der Waals surface area contributed by atoms with Crippen molar-refractivity contribution in [1.82, 2.24) is 9.97 Å². The number of fused-ring (bicyclic) bond motifs is 3. The summed E-state index contributed by atoms with van der Waals surface area (Å²) in [4.78, 5) is 10.8. The van der Waals surface area contributed by atoms with Crippen molar-refractivity contribution < 1.29 is 13.9 Å². The Kier molecular flexibility index (Phi) is 8.89. The number of alkyl halides is 1. The molecule has 1 aliphatic rings. The highest BCUT2D eigenvalue weighted by molar-refractivity contribution is 5.93. The van der Waals surface area contributed by atoms with E-state index in [1.165, 1.54) is 13.3 Å². The van der Waals surface area contributed by atoms with Crippen molar-refractivity contribution in [2.24, 2.45) is 0 Å². The Morgan fingerprint density at radius 1 is 1.27 bits per heavy atom. The lowest BCUT2D eigenvalue weighted by atomic mass is 9.71. The van der Waals surface area contributed by atoms with Gasteiger partial charge in [-0.3, -0.25) is 10.8 Å². The van der Waals surface area contributed by atoms with E-state index in [-0.39, 0.29) is 17.9 Å². The molecule has 0 radical (unpaired) electrons. The molecule has 0 bridgehead atoms. The number of aromatic nitrogens is 2. The standard InChI is InChI=1S/C28H39FN6O2/c1-7-8-9-17(2)12-13-35(15-22(30)37-27(32)18(3)29)25-20-14-28(4,5)23-24(33-16-34-26(23)31)19(20)10-11-21(25)36-6/h10-11,16,18,30,32H,2,7-9,12-15H2,1,3-6H3,(H2,31,33,34). The first-order valence-electron chi connectivity index (χ1n) is 12.7. The zero-order valence-electron chi connectivity index (χ0n) is 22.6. The molecule has 8 nitrogen and oxygen atoms in total. The molecule has 0 fully saturated rings. The average molecular weight is 511 g/mol. The Balaban J connectivity index is 2.10. The third-order valence-electron chi connectivity index (χ3n) is 6.76. The minimum absolute atomic E-state index is 0.0438. The second-order valence-electron chi connectivity index (χ2n) is 10.2. The number of halogens is 1. The first-order valence-corrected chi connectivity index (χ1v) is 12.7. The van der Waals surface area contributed by atoms with Gasteiger partial charge in [-0.05, 0) is 55.7 Å². The number of nitrogens with one attached hydrogen (secondary N) is 2. The zero-order valence-corrected chi connectivity index (χ0v) is 22.6. The molecule has 4 N–H and O–H groups in total. The lowest BCUT2D eigenvalue weighted by molar-refractivity contribution is 0.379. The summed E-state index contributed by atoms with van der Waals surface area (Å²) in [7, 11) is 1.62. The fraction of sp³-hybridized carbons (Fsp3) is 0.500. The van der Waals surface area contributed by atoms with E-state index >= 15 is 0 Å². The van der Waals surface area contributed by atoms with Gasteiger partial charge in [-0.1, -0.05) is 39.3 Å². The molecule has 0 saturated heterocycles.